The highest BCUT2D eigenvalue weighted by Crippen LogP contribution is 2.18. The first-order chi connectivity index (χ1) is 4.89. The van der Waals surface area contributed by atoms with Gasteiger partial charge in [-0.05, 0) is 29.8 Å². The van der Waals surface area contributed by atoms with Crippen molar-refractivity contribution >= 4 is 27.5 Å². The SMILES string of the molecule is CC[N+](C)(C)C/C(Br)=C(/C)Cl. The van der Waals surface area contributed by atoms with Crippen LogP contribution >= 0.6 is 27.5 Å². The Hall–Kier alpha value is 0.470. The average molecular weight is 242 g/mol. The lowest BCUT2D eigenvalue weighted by Gasteiger charge is -2.28. The van der Waals surface area contributed by atoms with Gasteiger partial charge in [0.15, 0.2) is 0 Å². The molecule has 0 fully saturated rings. The number of hydrogen-bond donors (Lipinski definition) is 0. The van der Waals surface area contributed by atoms with E-state index in [1.165, 1.54) is 0 Å². The van der Waals surface area contributed by atoms with Crippen molar-refractivity contribution in [2.45, 2.75) is 13.8 Å². The number of nitrogens with zero attached hydrogens (tertiary/aromatic N) is 1. The average Bonchev–Trinajstić information content (AvgIpc) is 1.87. The monoisotopic (exact) mass is 240 g/mol. The Morgan fingerprint density at radius 3 is 2.18 bits per heavy atom. The summed E-state index contributed by atoms with van der Waals surface area (Å²) in [7, 11) is 4.36. The van der Waals surface area contributed by atoms with Crippen molar-refractivity contribution in [3.63, 3.8) is 0 Å². The van der Waals surface area contributed by atoms with Gasteiger partial charge in [-0.1, -0.05) is 11.6 Å². The molecule has 0 rings (SSSR count). The van der Waals surface area contributed by atoms with Crippen LogP contribution in [0.25, 0.3) is 0 Å². The maximum Gasteiger partial charge on any atom is 0.112 e. The fraction of sp³-hybridized carbons (Fsp3) is 0.750. The summed E-state index contributed by atoms with van der Waals surface area (Å²) in [6.07, 6.45) is 0. The van der Waals surface area contributed by atoms with Crippen LogP contribution in [0.4, 0.5) is 0 Å². The highest BCUT2D eigenvalue weighted by molar-refractivity contribution is 9.11. The van der Waals surface area contributed by atoms with Crippen molar-refractivity contribution in [3.8, 4) is 0 Å². The molecule has 0 aromatic heterocycles. The van der Waals surface area contributed by atoms with Crippen LogP contribution in [0.3, 0.4) is 0 Å². The van der Waals surface area contributed by atoms with Crippen LogP contribution in [0.15, 0.2) is 9.51 Å². The van der Waals surface area contributed by atoms with Crippen molar-refractivity contribution in [3.05, 3.63) is 9.51 Å². The molecule has 0 radical (unpaired) electrons. The van der Waals surface area contributed by atoms with E-state index in [9.17, 15) is 0 Å². The molecule has 0 N–H and O–H groups in total. The van der Waals surface area contributed by atoms with Crippen LogP contribution in [0.1, 0.15) is 13.8 Å². The molecule has 0 aliphatic rings. The van der Waals surface area contributed by atoms with Crippen molar-refractivity contribution < 1.29 is 4.48 Å². The van der Waals surface area contributed by atoms with Gasteiger partial charge in [-0.15, -0.1) is 0 Å². The van der Waals surface area contributed by atoms with E-state index in [0.29, 0.717) is 0 Å². The van der Waals surface area contributed by atoms with E-state index in [0.717, 1.165) is 27.1 Å². The summed E-state index contributed by atoms with van der Waals surface area (Å²) in [4.78, 5) is 0. The third-order valence-corrected chi connectivity index (χ3v) is 3.10. The Bertz CT molecular complexity index is 159. The second kappa shape index (κ2) is 4.48. The number of rotatable bonds is 3. The van der Waals surface area contributed by atoms with Gasteiger partial charge in [0.1, 0.15) is 6.54 Å². The van der Waals surface area contributed by atoms with Gasteiger partial charge >= 0.3 is 0 Å². The topological polar surface area (TPSA) is 0 Å². The number of hydrogen-bond acceptors (Lipinski definition) is 0. The predicted octanol–water partition coefficient (Wildman–Crippen LogP) is 2.95. The predicted molar refractivity (Wildman–Crippen MR) is 55.0 cm³/mol. The quantitative estimate of drug-likeness (QED) is 0.667. The van der Waals surface area contributed by atoms with Gasteiger partial charge < -0.3 is 4.48 Å². The molecular formula is C8H16BrClN+. The summed E-state index contributed by atoms with van der Waals surface area (Å²) in [5.74, 6) is 0. The van der Waals surface area contributed by atoms with Gasteiger partial charge in [0, 0.05) is 5.03 Å². The number of quaternary nitrogens is 1. The lowest BCUT2D eigenvalue weighted by molar-refractivity contribution is -0.883. The molecule has 0 atom stereocenters. The first-order valence-corrected chi connectivity index (χ1v) is 4.89. The molecule has 0 saturated carbocycles. The van der Waals surface area contributed by atoms with Crippen LogP contribution in [0, 0.1) is 0 Å². The molecule has 0 unspecified atom stereocenters. The molecule has 0 aromatic rings. The van der Waals surface area contributed by atoms with Crippen LogP contribution in [0.5, 0.6) is 0 Å². The lowest BCUT2D eigenvalue weighted by Crippen LogP contribution is -2.40. The van der Waals surface area contributed by atoms with Gasteiger partial charge in [-0.2, -0.15) is 0 Å². The van der Waals surface area contributed by atoms with E-state index in [1.807, 2.05) is 6.92 Å². The van der Waals surface area contributed by atoms with Gasteiger partial charge in [0.05, 0.1) is 25.1 Å². The minimum atomic E-state index is 0.852. The van der Waals surface area contributed by atoms with E-state index in [1.54, 1.807) is 0 Å². The molecule has 11 heavy (non-hydrogen) atoms. The van der Waals surface area contributed by atoms with Crippen LogP contribution in [-0.4, -0.2) is 31.7 Å². The van der Waals surface area contributed by atoms with Gasteiger partial charge in [-0.3, -0.25) is 0 Å². The molecule has 1 nitrogen and oxygen atoms in total. The maximum atomic E-state index is 5.81. The molecule has 3 heteroatoms. The summed E-state index contributed by atoms with van der Waals surface area (Å²) in [6.45, 7) is 6.15. The molecule has 0 aliphatic carbocycles. The second-order valence-electron chi connectivity index (χ2n) is 3.35. The third kappa shape index (κ3) is 4.83. The fourth-order valence-corrected chi connectivity index (χ4v) is 1.34. The van der Waals surface area contributed by atoms with E-state index >= 15 is 0 Å². The molecule has 66 valence electrons. The van der Waals surface area contributed by atoms with E-state index in [2.05, 4.69) is 36.9 Å². The summed E-state index contributed by atoms with van der Waals surface area (Å²) < 4.78 is 2.07. The van der Waals surface area contributed by atoms with Crippen LogP contribution in [0.2, 0.25) is 0 Å². The first-order valence-electron chi connectivity index (χ1n) is 3.72. The molecule has 0 spiro atoms. The highest BCUT2D eigenvalue weighted by atomic mass is 79.9. The van der Waals surface area contributed by atoms with Crippen LogP contribution in [-0.2, 0) is 0 Å². The Morgan fingerprint density at radius 2 is 1.91 bits per heavy atom. The van der Waals surface area contributed by atoms with Crippen molar-refractivity contribution in [2.24, 2.45) is 0 Å². The minimum absolute atomic E-state index is 0.852. The van der Waals surface area contributed by atoms with Gasteiger partial charge in [0.2, 0.25) is 0 Å². The second-order valence-corrected chi connectivity index (χ2v) is 4.87. The van der Waals surface area contributed by atoms with Crippen molar-refractivity contribution in [1.29, 1.82) is 0 Å². The Morgan fingerprint density at radius 1 is 1.45 bits per heavy atom. The largest absolute Gasteiger partial charge is 0.324 e. The Balaban J connectivity index is 4.15. The van der Waals surface area contributed by atoms with Gasteiger partial charge in [0.25, 0.3) is 0 Å². The first kappa shape index (κ1) is 11.5. The molecular weight excluding hydrogens is 225 g/mol. The standard InChI is InChI=1S/C8H16BrClN/c1-5-11(3,4)6-8(9)7(2)10/h5-6H2,1-4H3/q+1/b8-7+. The summed E-state index contributed by atoms with van der Waals surface area (Å²) in [5, 5.41) is 0.852. The number of allylic oxidation sites excluding steroid dienone is 1. The molecule has 0 aliphatic heterocycles. The maximum absolute atomic E-state index is 5.81. The summed E-state index contributed by atoms with van der Waals surface area (Å²) >= 11 is 9.26. The van der Waals surface area contributed by atoms with Gasteiger partial charge in [-0.25, -0.2) is 0 Å². The molecule has 0 bridgehead atoms. The van der Waals surface area contributed by atoms with Crippen molar-refractivity contribution in [1.82, 2.24) is 0 Å². The van der Waals surface area contributed by atoms with Crippen LogP contribution < -0.4 is 0 Å². The number of halogens is 2. The zero-order valence-corrected chi connectivity index (χ0v) is 9.96. The Labute approximate surface area is 82.7 Å². The molecule has 0 saturated heterocycles. The van der Waals surface area contributed by atoms with Crippen molar-refractivity contribution in [2.75, 3.05) is 27.2 Å². The lowest BCUT2D eigenvalue weighted by atomic mass is 10.4. The summed E-state index contributed by atoms with van der Waals surface area (Å²) in [6, 6.07) is 0. The molecule has 0 amide bonds. The highest BCUT2D eigenvalue weighted by Gasteiger charge is 2.13. The van der Waals surface area contributed by atoms with E-state index in [4.69, 9.17) is 11.6 Å². The smallest absolute Gasteiger partial charge is 0.112 e. The zero-order valence-electron chi connectivity index (χ0n) is 7.62. The summed E-state index contributed by atoms with van der Waals surface area (Å²) in [5.41, 5.74) is 0. The third-order valence-electron chi connectivity index (χ3n) is 1.80. The molecule has 0 aromatic carbocycles. The fourth-order valence-electron chi connectivity index (χ4n) is 0.597. The van der Waals surface area contributed by atoms with E-state index in [-0.39, 0.29) is 0 Å². The number of likely N-dealkylation sites (N-methyl/N-ethyl adjacent to an activating group) is 1. The normalized spacial score (nSPS) is 14.7. The Kier molecular flexibility index (Phi) is 4.68. The van der Waals surface area contributed by atoms with E-state index < -0.39 is 0 Å². The zero-order chi connectivity index (χ0) is 9.07. The minimum Gasteiger partial charge on any atom is -0.324 e. The molecule has 0 heterocycles.